The number of aryl methyl sites for hydroxylation is 1. The molecule has 16 heavy (non-hydrogen) atoms. The summed E-state index contributed by atoms with van der Waals surface area (Å²) in [4.78, 5) is 4.25. The van der Waals surface area contributed by atoms with Gasteiger partial charge in [-0.15, -0.1) is 0 Å². The molecule has 0 amide bonds. The zero-order valence-corrected chi connectivity index (χ0v) is 10.1. The summed E-state index contributed by atoms with van der Waals surface area (Å²) in [6, 6.07) is 4.14. The summed E-state index contributed by atoms with van der Waals surface area (Å²) in [6.07, 6.45) is 1.92. The molecule has 0 saturated heterocycles. The number of ether oxygens (including phenoxy) is 1. The van der Waals surface area contributed by atoms with E-state index in [0.717, 1.165) is 38.5 Å². The first kappa shape index (κ1) is 13.1. The number of pyridine rings is 1. The predicted octanol–water partition coefficient (Wildman–Crippen LogP) is 0.716. The average molecular weight is 223 g/mol. The van der Waals surface area contributed by atoms with Crippen LogP contribution in [0.15, 0.2) is 18.3 Å². The molecule has 0 aromatic carbocycles. The number of methoxy groups -OCH3 is 1. The predicted molar refractivity (Wildman–Crippen MR) is 65.4 cm³/mol. The van der Waals surface area contributed by atoms with E-state index in [-0.39, 0.29) is 0 Å². The number of rotatable bonds is 8. The van der Waals surface area contributed by atoms with E-state index in [9.17, 15) is 0 Å². The third kappa shape index (κ3) is 5.80. The highest BCUT2D eigenvalue weighted by Crippen LogP contribution is 1.97. The molecule has 90 valence electrons. The molecule has 0 aliphatic carbocycles. The molecule has 0 saturated carbocycles. The van der Waals surface area contributed by atoms with E-state index in [2.05, 4.69) is 21.7 Å². The van der Waals surface area contributed by atoms with E-state index in [4.69, 9.17) is 4.74 Å². The van der Waals surface area contributed by atoms with Gasteiger partial charge in [0.05, 0.1) is 6.61 Å². The lowest BCUT2D eigenvalue weighted by Crippen LogP contribution is -2.29. The van der Waals surface area contributed by atoms with Gasteiger partial charge >= 0.3 is 0 Å². The molecule has 4 nitrogen and oxygen atoms in total. The first-order chi connectivity index (χ1) is 7.83. The van der Waals surface area contributed by atoms with Gasteiger partial charge in [-0.2, -0.15) is 0 Å². The van der Waals surface area contributed by atoms with Crippen LogP contribution in [0.2, 0.25) is 0 Å². The van der Waals surface area contributed by atoms with E-state index < -0.39 is 0 Å². The number of aromatic nitrogens is 1. The van der Waals surface area contributed by atoms with E-state index in [1.54, 1.807) is 7.11 Å². The average Bonchev–Trinajstić information content (AvgIpc) is 2.30. The molecule has 1 rings (SSSR count). The van der Waals surface area contributed by atoms with Crippen molar-refractivity contribution >= 4 is 0 Å². The van der Waals surface area contributed by atoms with Crippen LogP contribution < -0.4 is 10.6 Å². The third-order valence-electron chi connectivity index (χ3n) is 2.26. The minimum atomic E-state index is 0.766. The van der Waals surface area contributed by atoms with Crippen LogP contribution in [-0.2, 0) is 11.3 Å². The summed E-state index contributed by atoms with van der Waals surface area (Å²) >= 11 is 0. The van der Waals surface area contributed by atoms with Crippen LogP contribution in [0.4, 0.5) is 0 Å². The van der Waals surface area contributed by atoms with Gasteiger partial charge in [-0.25, -0.2) is 0 Å². The van der Waals surface area contributed by atoms with Crippen molar-refractivity contribution in [1.82, 2.24) is 15.6 Å². The molecule has 0 atom stereocenters. The minimum Gasteiger partial charge on any atom is -0.383 e. The maximum absolute atomic E-state index is 4.94. The zero-order chi connectivity index (χ0) is 11.6. The van der Waals surface area contributed by atoms with E-state index in [1.165, 1.54) is 5.56 Å². The Bertz CT molecular complexity index is 274. The molecule has 0 radical (unpaired) electrons. The molecule has 1 heterocycles. The van der Waals surface area contributed by atoms with Gasteiger partial charge < -0.3 is 15.4 Å². The molecule has 0 aliphatic rings. The fourth-order valence-corrected chi connectivity index (χ4v) is 1.31. The number of hydrogen-bond acceptors (Lipinski definition) is 4. The number of nitrogens with zero attached hydrogens (tertiary/aromatic N) is 1. The number of hydrogen-bond donors (Lipinski definition) is 2. The quantitative estimate of drug-likeness (QED) is 0.637. The molecule has 0 unspecified atom stereocenters. The molecule has 0 fully saturated rings. The molecule has 4 heteroatoms. The van der Waals surface area contributed by atoms with Gasteiger partial charge in [-0.1, -0.05) is 6.07 Å². The fourth-order valence-electron chi connectivity index (χ4n) is 1.31. The number of nitrogens with one attached hydrogen (secondary N) is 2. The Hall–Kier alpha value is -0.970. The Morgan fingerprint density at radius 2 is 2.00 bits per heavy atom. The summed E-state index contributed by atoms with van der Waals surface area (Å²) in [5, 5.41) is 6.63. The van der Waals surface area contributed by atoms with Crippen LogP contribution >= 0.6 is 0 Å². The van der Waals surface area contributed by atoms with Crippen molar-refractivity contribution < 1.29 is 4.74 Å². The summed E-state index contributed by atoms with van der Waals surface area (Å²) in [5.41, 5.74) is 2.28. The summed E-state index contributed by atoms with van der Waals surface area (Å²) in [6.45, 7) is 6.46. The summed E-state index contributed by atoms with van der Waals surface area (Å²) in [7, 11) is 1.71. The van der Waals surface area contributed by atoms with Crippen LogP contribution in [0.1, 0.15) is 11.3 Å². The van der Waals surface area contributed by atoms with Crippen molar-refractivity contribution in [3.05, 3.63) is 29.6 Å². The Labute approximate surface area is 97.4 Å². The van der Waals surface area contributed by atoms with Crippen LogP contribution in [0.5, 0.6) is 0 Å². The maximum atomic E-state index is 4.94. The Kier molecular flexibility index (Phi) is 6.72. The van der Waals surface area contributed by atoms with E-state index in [0.29, 0.717) is 0 Å². The highest BCUT2D eigenvalue weighted by molar-refractivity contribution is 5.12. The third-order valence-corrected chi connectivity index (χ3v) is 2.26. The van der Waals surface area contributed by atoms with Gasteiger partial charge in [0.1, 0.15) is 0 Å². The lowest BCUT2D eigenvalue weighted by molar-refractivity contribution is 0.199. The highest BCUT2D eigenvalue weighted by atomic mass is 16.5. The van der Waals surface area contributed by atoms with Gasteiger partial charge in [0.15, 0.2) is 0 Å². The van der Waals surface area contributed by atoms with E-state index in [1.807, 2.05) is 19.2 Å². The summed E-state index contributed by atoms with van der Waals surface area (Å²) < 4.78 is 4.94. The van der Waals surface area contributed by atoms with Gasteiger partial charge in [-0.3, -0.25) is 4.98 Å². The summed E-state index contributed by atoms with van der Waals surface area (Å²) in [5.74, 6) is 0. The van der Waals surface area contributed by atoms with Crippen molar-refractivity contribution in [3.8, 4) is 0 Å². The molecule has 1 aromatic rings. The van der Waals surface area contributed by atoms with Gasteiger partial charge in [0, 0.05) is 45.2 Å². The smallest absolute Gasteiger partial charge is 0.0587 e. The second kappa shape index (κ2) is 8.21. The molecular formula is C12H21N3O. The van der Waals surface area contributed by atoms with Crippen LogP contribution in [0.3, 0.4) is 0 Å². The Balaban J connectivity index is 2.01. The normalized spacial score (nSPS) is 10.6. The first-order valence-corrected chi connectivity index (χ1v) is 5.65. The van der Waals surface area contributed by atoms with Gasteiger partial charge in [0.25, 0.3) is 0 Å². The first-order valence-electron chi connectivity index (χ1n) is 5.65. The molecule has 0 spiro atoms. The van der Waals surface area contributed by atoms with Crippen molar-refractivity contribution in [2.45, 2.75) is 13.5 Å². The molecular weight excluding hydrogens is 202 g/mol. The molecule has 0 bridgehead atoms. The van der Waals surface area contributed by atoms with Crippen molar-refractivity contribution in [3.63, 3.8) is 0 Å². The zero-order valence-electron chi connectivity index (χ0n) is 10.1. The lowest BCUT2D eigenvalue weighted by Gasteiger charge is -2.06. The maximum Gasteiger partial charge on any atom is 0.0587 e. The molecule has 0 aliphatic heterocycles. The molecule has 2 N–H and O–H groups in total. The fraction of sp³-hybridized carbons (Fsp3) is 0.583. The standard InChI is InChI=1S/C12H21N3O/c1-11-3-4-12(10-15-11)9-14-6-5-13-7-8-16-2/h3-4,10,13-14H,5-9H2,1-2H3. The Morgan fingerprint density at radius 3 is 2.69 bits per heavy atom. The molecule has 1 aromatic heterocycles. The minimum absolute atomic E-state index is 0.766. The lowest BCUT2D eigenvalue weighted by atomic mass is 10.2. The Morgan fingerprint density at radius 1 is 1.19 bits per heavy atom. The topological polar surface area (TPSA) is 46.2 Å². The van der Waals surface area contributed by atoms with Crippen LogP contribution in [-0.4, -0.2) is 38.3 Å². The largest absolute Gasteiger partial charge is 0.383 e. The van der Waals surface area contributed by atoms with Crippen LogP contribution in [0, 0.1) is 6.92 Å². The van der Waals surface area contributed by atoms with Crippen molar-refractivity contribution in [2.24, 2.45) is 0 Å². The van der Waals surface area contributed by atoms with Gasteiger partial charge in [0.2, 0.25) is 0 Å². The second-order valence-electron chi connectivity index (χ2n) is 3.73. The van der Waals surface area contributed by atoms with Gasteiger partial charge in [-0.05, 0) is 18.6 Å². The van der Waals surface area contributed by atoms with Crippen LogP contribution in [0.25, 0.3) is 0 Å². The second-order valence-corrected chi connectivity index (χ2v) is 3.73. The SMILES string of the molecule is COCCNCCNCc1ccc(C)nc1. The highest BCUT2D eigenvalue weighted by Gasteiger charge is 1.92. The van der Waals surface area contributed by atoms with E-state index >= 15 is 0 Å². The van der Waals surface area contributed by atoms with Crippen molar-refractivity contribution in [2.75, 3.05) is 33.4 Å². The monoisotopic (exact) mass is 223 g/mol. The van der Waals surface area contributed by atoms with Crippen molar-refractivity contribution in [1.29, 1.82) is 0 Å².